The summed E-state index contributed by atoms with van der Waals surface area (Å²) in [6.45, 7) is 10.4. The van der Waals surface area contributed by atoms with E-state index in [9.17, 15) is 4.79 Å². The van der Waals surface area contributed by atoms with Crippen molar-refractivity contribution in [1.82, 2.24) is 9.80 Å². The Hall–Kier alpha value is -1.04. The van der Waals surface area contributed by atoms with Gasteiger partial charge in [0.1, 0.15) is 5.78 Å². The minimum absolute atomic E-state index is 0.296. The van der Waals surface area contributed by atoms with Gasteiger partial charge in [-0.1, -0.05) is 12.1 Å². The lowest BCUT2D eigenvalue weighted by Gasteiger charge is -2.38. The molecule has 1 aromatic carbocycles. The molecule has 2 aliphatic rings. The van der Waals surface area contributed by atoms with E-state index in [1.807, 2.05) is 11.8 Å². The Labute approximate surface area is 162 Å². The lowest BCUT2D eigenvalue weighted by atomic mass is 9.93. The van der Waals surface area contributed by atoms with E-state index in [0.29, 0.717) is 12.3 Å². The summed E-state index contributed by atoms with van der Waals surface area (Å²) in [5.74, 6) is 1.14. The van der Waals surface area contributed by atoms with Crippen LogP contribution in [-0.2, 0) is 4.79 Å². The van der Waals surface area contributed by atoms with Crippen molar-refractivity contribution in [3.05, 3.63) is 24.3 Å². The fraction of sp³-hybridized carbons (Fsp3) is 0.667. The number of nitrogens with zero attached hydrogens (tertiary/aromatic N) is 3. The number of Topliss-reactive ketones (excluding diaryl/α,β-unsaturated/α-hetero) is 1. The largest absolute Gasteiger partial charge is 0.368 e. The van der Waals surface area contributed by atoms with E-state index in [1.165, 1.54) is 49.5 Å². The molecule has 2 aliphatic heterocycles. The molecular formula is C21H33N3OS. The highest BCUT2D eigenvalue weighted by Gasteiger charge is 2.22. The van der Waals surface area contributed by atoms with Crippen molar-refractivity contribution >= 4 is 23.2 Å². The van der Waals surface area contributed by atoms with Crippen molar-refractivity contribution in [1.29, 1.82) is 0 Å². The van der Waals surface area contributed by atoms with E-state index >= 15 is 0 Å². The zero-order valence-electron chi connectivity index (χ0n) is 16.3. The zero-order valence-corrected chi connectivity index (χ0v) is 17.1. The van der Waals surface area contributed by atoms with Crippen LogP contribution in [0.5, 0.6) is 0 Å². The first kappa shape index (κ1) is 19.7. The molecule has 2 heterocycles. The minimum atomic E-state index is 0.296. The van der Waals surface area contributed by atoms with Crippen LogP contribution in [0.15, 0.2) is 29.2 Å². The summed E-state index contributed by atoms with van der Waals surface area (Å²) in [6.07, 6.45) is 5.99. The Morgan fingerprint density at radius 3 is 2.38 bits per heavy atom. The molecule has 0 saturated carbocycles. The maximum Gasteiger partial charge on any atom is 0.143 e. The number of hydrogen-bond donors (Lipinski definition) is 0. The summed E-state index contributed by atoms with van der Waals surface area (Å²) in [6, 6.07) is 8.77. The number of piperidine rings is 1. The number of piperazine rings is 1. The highest BCUT2D eigenvalue weighted by Crippen LogP contribution is 2.29. The first-order valence-corrected chi connectivity index (χ1v) is 11.2. The van der Waals surface area contributed by atoms with Crippen LogP contribution in [0.4, 0.5) is 5.69 Å². The molecule has 0 unspecified atom stereocenters. The lowest BCUT2D eigenvalue weighted by Crippen LogP contribution is -2.47. The highest BCUT2D eigenvalue weighted by atomic mass is 32.2. The molecule has 4 nitrogen and oxygen atoms in total. The van der Waals surface area contributed by atoms with Gasteiger partial charge in [0.25, 0.3) is 0 Å². The number of benzene rings is 1. The van der Waals surface area contributed by atoms with Gasteiger partial charge in [0.05, 0.1) is 12.2 Å². The number of thioether (sulfide) groups is 1. The van der Waals surface area contributed by atoms with E-state index in [-0.39, 0.29) is 0 Å². The number of carbonyl (C=O) groups is 1. The predicted molar refractivity (Wildman–Crippen MR) is 111 cm³/mol. The van der Waals surface area contributed by atoms with Gasteiger partial charge in [0.15, 0.2) is 0 Å². The molecule has 0 radical (unpaired) electrons. The molecule has 0 N–H and O–H groups in total. The number of anilines is 1. The molecular weight excluding hydrogens is 342 g/mol. The molecule has 26 heavy (non-hydrogen) atoms. The quantitative estimate of drug-likeness (QED) is 0.682. The third-order valence-electron chi connectivity index (χ3n) is 5.81. The Kier molecular flexibility index (Phi) is 7.41. The Morgan fingerprint density at radius 2 is 1.73 bits per heavy atom. The first-order chi connectivity index (χ1) is 12.7. The Balaban J connectivity index is 1.38. The first-order valence-electron chi connectivity index (χ1n) is 9.98. The normalized spacial score (nSPS) is 20.5. The predicted octanol–water partition coefficient (Wildman–Crippen LogP) is 3.22. The molecule has 0 aromatic heterocycles. The van der Waals surface area contributed by atoms with Crippen LogP contribution in [0.3, 0.4) is 0 Å². The van der Waals surface area contributed by atoms with Gasteiger partial charge in [-0.2, -0.15) is 0 Å². The summed E-state index contributed by atoms with van der Waals surface area (Å²) in [5, 5.41) is 0. The number of rotatable bonds is 7. The number of likely N-dealkylation sites (tertiary alicyclic amines) is 1. The van der Waals surface area contributed by atoms with E-state index in [1.54, 1.807) is 6.92 Å². The molecule has 0 bridgehead atoms. The van der Waals surface area contributed by atoms with E-state index in [2.05, 4.69) is 45.2 Å². The molecule has 0 aliphatic carbocycles. The van der Waals surface area contributed by atoms with Gasteiger partial charge in [-0.05, 0) is 70.1 Å². The van der Waals surface area contributed by atoms with Crippen molar-refractivity contribution in [2.75, 3.05) is 63.5 Å². The number of ketones is 1. The van der Waals surface area contributed by atoms with Gasteiger partial charge >= 0.3 is 0 Å². The molecule has 0 atom stereocenters. The molecule has 3 rings (SSSR count). The Bertz CT molecular complexity index is 578. The SMILES string of the molecule is CSc1ccccc1N1CCN(CCC2CCN(CC(C)=O)CC2)CC1. The Morgan fingerprint density at radius 1 is 1.04 bits per heavy atom. The van der Waals surface area contributed by atoms with E-state index in [0.717, 1.165) is 32.1 Å². The lowest BCUT2D eigenvalue weighted by molar-refractivity contribution is -0.118. The summed E-state index contributed by atoms with van der Waals surface area (Å²) in [7, 11) is 0. The topological polar surface area (TPSA) is 26.8 Å². The summed E-state index contributed by atoms with van der Waals surface area (Å²) in [4.78, 5) is 20.1. The molecule has 5 heteroatoms. The number of carbonyl (C=O) groups excluding carboxylic acids is 1. The van der Waals surface area contributed by atoms with Crippen LogP contribution >= 0.6 is 11.8 Å². The second-order valence-corrected chi connectivity index (χ2v) is 8.56. The third-order valence-corrected chi connectivity index (χ3v) is 6.59. The van der Waals surface area contributed by atoms with Crippen molar-refractivity contribution in [3.63, 3.8) is 0 Å². The van der Waals surface area contributed by atoms with Gasteiger partial charge in [0.2, 0.25) is 0 Å². The van der Waals surface area contributed by atoms with Gasteiger partial charge in [-0.3, -0.25) is 14.6 Å². The maximum absolute atomic E-state index is 11.2. The monoisotopic (exact) mass is 375 g/mol. The van der Waals surface area contributed by atoms with Crippen molar-refractivity contribution in [2.24, 2.45) is 5.92 Å². The molecule has 2 saturated heterocycles. The summed E-state index contributed by atoms with van der Waals surface area (Å²) < 4.78 is 0. The van der Waals surface area contributed by atoms with E-state index < -0.39 is 0 Å². The third kappa shape index (κ3) is 5.48. The molecule has 1 aromatic rings. The molecule has 0 spiro atoms. The number of para-hydroxylation sites is 1. The van der Waals surface area contributed by atoms with Crippen LogP contribution in [0.2, 0.25) is 0 Å². The van der Waals surface area contributed by atoms with Crippen molar-refractivity contribution < 1.29 is 4.79 Å². The summed E-state index contributed by atoms with van der Waals surface area (Å²) >= 11 is 1.84. The second kappa shape index (κ2) is 9.77. The standard InChI is InChI=1S/C21H33N3OS/c1-18(25)17-23-11-8-19(9-12-23)7-10-22-13-15-24(16-14-22)20-5-3-4-6-21(20)26-2/h3-6,19H,7-17H2,1-2H3. The highest BCUT2D eigenvalue weighted by molar-refractivity contribution is 7.98. The van der Waals surface area contributed by atoms with Crippen LogP contribution in [0, 0.1) is 5.92 Å². The second-order valence-electron chi connectivity index (χ2n) is 7.71. The minimum Gasteiger partial charge on any atom is -0.368 e. The van der Waals surface area contributed by atoms with Crippen LogP contribution in [0.25, 0.3) is 0 Å². The average molecular weight is 376 g/mol. The summed E-state index contributed by atoms with van der Waals surface area (Å²) in [5.41, 5.74) is 1.40. The van der Waals surface area contributed by atoms with Gasteiger partial charge < -0.3 is 4.90 Å². The fourth-order valence-electron chi connectivity index (χ4n) is 4.22. The fourth-order valence-corrected chi connectivity index (χ4v) is 4.84. The van der Waals surface area contributed by atoms with Crippen LogP contribution in [0.1, 0.15) is 26.2 Å². The van der Waals surface area contributed by atoms with Crippen molar-refractivity contribution in [2.45, 2.75) is 31.1 Å². The molecule has 144 valence electrons. The van der Waals surface area contributed by atoms with Crippen LogP contribution < -0.4 is 4.90 Å². The van der Waals surface area contributed by atoms with Crippen LogP contribution in [-0.4, -0.2) is 74.2 Å². The number of hydrogen-bond acceptors (Lipinski definition) is 5. The maximum atomic E-state index is 11.2. The van der Waals surface area contributed by atoms with Gasteiger partial charge in [-0.25, -0.2) is 0 Å². The van der Waals surface area contributed by atoms with Gasteiger partial charge in [0, 0.05) is 31.1 Å². The zero-order chi connectivity index (χ0) is 18.4. The molecule has 2 fully saturated rings. The van der Waals surface area contributed by atoms with Crippen molar-refractivity contribution in [3.8, 4) is 0 Å². The molecule has 0 amide bonds. The average Bonchev–Trinajstić information content (AvgIpc) is 2.67. The van der Waals surface area contributed by atoms with E-state index in [4.69, 9.17) is 0 Å². The van der Waals surface area contributed by atoms with Gasteiger partial charge in [-0.15, -0.1) is 11.8 Å². The smallest absolute Gasteiger partial charge is 0.143 e.